The summed E-state index contributed by atoms with van der Waals surface area (Å²) in [6, 6.07) is 5.85. The summed E-state index contributed by atoms with van der Waals surface area (Å²) in [6.45, 7) is 2.35. The van der Waals surface area contributed by atoms with Gasteiger partial charge in [-0.3, -0.25) is 9.36 Å². The zero-order chi connectivity index (χ0) is 19.1. The standard InChI is InChI=1S/C21H23N3O4/c25-19(13-23-7-3-6-22-20(23)26)24-12-15-10-17-18(28-9-8-27-17)11-16(15)21(14-24)4-1-2-5-21/h3,6-7,10-11H,1-2,4-5,8-9,12-14H2. The molecule has 0 unspecified atom stereocenters. The summed E-state index contributed by atoms with van der Waals surface area (Å²) in [5.74, 6) is 1.52. The van der Waals surface area contributed by atoms with Gasteiger partial charge < -0.3 is 14.4 Å². The number of aromatic nitrogens is 2. The molecule has 0 radical (unpaired) electrons. The summed E-state index contributed by atoms with van der Waals surface area (Å²) >= 11 is 0. The minimum atomic E-state index is -0.400. The number of carbonyl (C=O) groups excluding carboxylic acids is 1. The molecule has 1 spiro atoms. The third-order valence-corrected chi connectivity index (χ3v) is 6.20. The Labute approximate surface area is 162 Å². The average molecular weight is 381 g/mol. The predicted octanol–water partition coefficient (Wildman–Crippen LogP) is 1.87. The van der Waals surface area contributed by atoms with Gasteiger partial charge in [0.2, 0.25) is 5.91 Å². The average Bonchev–Trinajstić information content (AvgIpc) is 3.17. The van der Waals surface area contributed by atoms with Crippen LogP contribution < -0.4 is 15.2 Å². The lowest BCUT2D eigenvalue weighted by Crippen LogP contribution is -2.48. The van der Waals surface area contributed by atoms with Gasteiger partial charge in [0.05, 0.1) is 0 Å². The first-order chi connectivity index (χ1) is 13.6. The van der Waals surface area contributed by atoms with E-state index >= 15 is 0 Å². The van der Waals surface area contributed by atoms with Crippen molar-refractivity contribution in [3.8, 4) is 11.5 Å². The second kappa shape index (κ2) is 6.65. The third-order valence-electron chi connectivity index (χ3n) is 6.20. The zero-order valence-corrected chi connectivity index (χ0v) is 15.7. The van der Waals surface area contributed by atoms with Crippen LogP contribution in [0.1, 0.15) is 36.8 Å². The SMILES string of the molecule is O=C(Cn1cccnc1=O)N1Cc2cc3c(cc2C2(CCCC2)C1)OCCO3. The molecule has 0 N–H and O–H groups in total. The number of ether oxygens (including phenoxy) is 2. The van der Waals surface area contributed by atoms with Crippen molar-refractivity contribution in [3.05, 3.63) is 52.2 Å². The Morgan fingerprint density at radius 1 is 1.14 bits per heavy atom. The maximum absolute atomic E-state index is 13.0. The molecule has 0 bridgehead atoms. The zero-order valence-electron chi connectivity index (χ0n) is 15.7. The highest BCUT2D eigenvalue weighted by Crippen LogP contribution is 2.49. The highest BCUT2D eigenvalue weighted by Gasteiger charge is 2.43. The van der Waals surface area contributed by atoms with Crippen molar-refractivity contribution in [3.63, 3.8) is 0 Å². The molecule has 1 aliphatic carbocycles. The van der Waals surface area contributed by atoms with Crippen LogP contribution in [0.3, 0.4) is 0 Å². The molecule has 5 rings (SSSR count). The number of rotatable bonds is 2. The van der Waals surface area contributed by atoms with Gasteiger partial charge in [0, 0.05) is 30.9 Å². The van der Waals surface area contributed by atoms with E-state index in [1.807, 2.05) is 11.0 Å². The lowest BCUT2D eigenvalue weighted by Gasteiger charge is -2.43. The molecule has 1 aromatic carbocycles. The van der Waals surface area contributed by atoms with E-state index in [4.69, 9.17) is 9.47 Å². The summed E-state index contributed by atoms with van der Waals surface area (Å²) < 4.78 is 12.9. The molecule has 1 aromatic heterocycles. The third kappa shape index (κ3) is 2.85. The fourth-order valence-corrected chi connectivity index (χ4v) is 4.88. The molecule has 1 amide bonds. The van der Waals surface area contributed by atoms with E-state index in [-0.39, 0.29) is 17.9 Å². The van der Waals surface area contributed by atoms with E-state index in [2.05, 4.69) is 11.1 Å². The van der Waals surface area contributed by atoms with Crippen LogP contribution in [-0.2, 0) is 23.3 Å². The summed E-state index contributed by atoms with van der Waals surface area (Å²) in [7, 11) is 0. The van der Waals surface area contributed by atoms with Gasteiger partial charge in [-0.25, -0.2) is 9.78 Å². The molecule has 2 aliphatic heterocycles. The molecule has 1 saturated carbocycles. The minimum Gasteiger partial charge on any atom is -0.486 e. The van der Waals surface area contributed by atoms with Crippen LogP contribution in [0, 0.1) is 0 Å². The van der Waals surface area contributed by atoms with Crippen LogP contribution in [0.4, 0.5) is 0 Å². The molecule has 0 atom stereocenters. The van der Waals surface area contributed by atoms with Crippen molar-refractivity contribution < 1.29 is 14.3 Å². The maximum Gasteiger partial charge on any atom is 0.347 e. The van der Waals surface area contributed by atoms with E-state index in [0.717, 1.165) is 42.7 Å². The van der Waals surface area contributed by atoms with E-state index in [1.165, 1.54) is 16.3 Å². The fourth-order valence-electron chi connectivity index (χ4n) is 4.88. The van der Waals surface area contributed by atoms with E-state index in [9.17, 15) is 9.59 Å². The van der Waals surface area contributed by atoms with Crippen LogP contribution in [0.2, 0.25) is 0 Å². The van der Waals surface area contributed by atoms with E-state index < -0.39 is 5.69 Å². The molecule has 3 aliphatic rings. The monoisotopic (exact) mass is 381 g/mol. The molecule has 2 aromatic rings. The maximum atomic E-state index is 13.0. The van der Waals surface area contributed by atoms with Crippen LogP contribution in [0.15, 0.2) is 35.4 Å². The van der Waals surface area contributed by atoms with Crippen LogP contribution in [0.5, 0.6) is 11.5 Å². The van der Waals surface area contributed by atoms with Crippen molar-refractivity contribution in [2.45, 2.75) is 44.2 Å². The largest absolute Gasteiger partial charge is 0.486 e. The second-order valence-corrected chi connectivity index (χ2v) is 7.92. The first-order valence-electron chi connectivity index (χ1n) is 9.87. The first-order valence-corrected chi connectivity index (χ1v) is 9.87. The van der Waals surface area contributed by atoms with Gasteiger partial charge in [-0.15, -0.1) is 0 Å². The molecular formula is C21H23N3O4. The van der Waals surface area contributed by atoms with Gasteiger partial charge in [-0.1, -0.05) is 12.8 Å². The Hall–Kier alpha value is -2.83. The molecule has 0 saturated heterocycles. The Kier molecular flexibility index (Phi) is 4.10. The van der Waals surface area contributed by atoms with Crippen molar-refractivity contribution >= 4 is 5.91 Å². The fraction of sp³-hybridized carbons (Fsp3) is 0.476. The Bertz CT molecular complexity index is 978. The van der Waals surface area contributed by atoms with Gasteiger partial charge in [0.15, 0.2) is 11.5 Å². The van der Waals surface area contributed by atoms with Gasteiger partial charge in [0.1, 0.15) is 19.8 Å². The first kappa shape index (κ1) is 17.3. The normalized spacial score (nSPS) is 19.5. The topological polar surface area (TPSA) is 73.7 Å². The van der Waals surface area contributed by atoms with E-state index in [1.54, 1.807) is 12.3 Å². The summed E-state index contributed by atoms with van der Waals surface area (Å²) in [6.07, 6.45) is 7.51. The Morgan fingerprint density at radius 2 is 1.89 bits per heavy atom. The quantitative estimate of drug-likeness (QED) is 0.794. The van der Waals surface area contributed by atoms with Crippen molar-refractivity contribution in [1.29, 1.82) is 0 Å². The van der Waals surface area contributed by atoms with Gasteiger partial charge in [-0.05, 0) is 42.2 Å². The highest BCUT2D eigenvalue weighted by molar-refractivity contribution is 5.77. The number of hydrogen-bond donors (Lipinski definition) is 0. The summed E-state index contributed by atoms with van der Waals surface area (Å²) in [5, 5.41) is 0. The molecule has 146 valence electrons. The molecule has 3 heterocycles. The Balaban J connectivity index is 1.49. The number of benzene rings is 1. The second-order valence-electron chi connectivity index (χ2n) is 7.92. The van der Waals surface area contributed by atoms with Crippen LogP contribution in [-0.4, -0.2) is 40.1 Å². The predicted molar refractivity (Wildman–Crippen MR) is 101 cm³/mol. The van der Waals surface area contributed by atoms with Crippen LogP contribution in [0.25, 0.3) is 0 Å². The minimum absolute atomic E-state index is 0.0165. The molecule has 7 heteroatoms. The lowest BCUT2D eigenvalue weighted by molar-refractivity contribution is -0.134. The highest BCUT2D eigenvalue weighted by atomic mass is 16.6. The Morgan fingerprint density at radius 3 is 2.64 bits per heavy atom. The summed E-state index contributed by atoms with van der Waals surface area (Å²) in [5.41, 5.74) is 2.00. The number of nitrogens with zero attached hydrogens (tertiary/aromatic N) is 3. The number of hydrogen-bond acceptors (Lipinski definition) is 5. The molecular weight excluding hydrogens is 358 g/mol. The smallest absolute Gasteiger partial charge is 0.347 e. The number of amides is 1. The van der Waals surface area contributed by atoms with Crippen LogP contribution >= 0.6 is 0 Å². The molecule has 7 nitrogen and oxygen atoms in total. The van der Waals surface area contributed by atoms with Crippen molar-refractivity contribution in [2.24, 2.45) is 0 Å². The van der Waals surface area contributed by atoms with Gasteiger partial charge in [-0.2, -0.15) is 0 Å². The van der Waals surface area contributed by atoms with Gasteiger partial charge >= 0.3 is 5.69 Å². The van der Waals surface area contributed by atoms with Crippen molar-refractivity contribution in [2.75, 3.05) is 19.8 Å². The molecule has 28 heavy (non-hydrogen) atoms. The van der Waals surface area contributed by atoms with E-state index in [0.29, 0.717) is 26.3 Å². The van der Waals surface area contributed by atoms with Gasteiger partial charge in [0.25, 0.3) is 0 Å². The number of carbonyl (C=O) groups is 1. The van der Waals surface area contributed by atoms with Crippen molar-refractivity contribution in [1.82, 2.24) is 14.5 Å². The number of fused-ring (bicyclic) bond motifs is 3. The summed E-state index contributed by atoms with van der Waals surface area (Å²) in [4.78, 5) is 30.6. The molecule has 1 fully saturated rings. The lowest BCUT2D eigenvalue weighted by atomic mass is 9.73.